The SMILES string of the molecule is CCC(C)=CCCC(C)=CCCC=O. The van der Waals surface area contributed by atoms with Gasteiger partial charge in [0.1, 0.15) is 6.29 Å². The van der Waals surface area contributed by atoms with E-state index in [1.165, 1.54) is 11.1 Å². The van der Waals surface area contributed by atoms with Crippen LogP contribution in [0.5, 0.6) is 0 Å². The molecule has 1 nitrogen and oxygen atoms in total. The van der Waals surface area contributed by atoms with E-state index in [4.69, 9.17) is 0 Å². The van der Waals surface area contributed by atoms with Gasteiger partial charge in [-0.15, -0.1) is 0 Å². The zero-order valence-corrected chi connectivity index (χ0v) is 9.68. The van der Waals surface area contributed by atoms with Gasteiger partial charge in [0.05, 0.1) is 0 Å². The van der Waals surface area contributed by atoms with Gasteiger partial charge in [-0.1, -0.05) is 30.2 Å². The van der Waals surface area contributed by atoms with Gasteiger partial charge in [0.15, 0.2) is 0 Å². The highest BCUT2D eigenvalue weighted by molar-refractivity contribution is 5.49. The molecule has 0 radical (unpaired) electrons. The second-order valence-corrected chi connectivity index (χ2v) is 3.74. The molecule has 0 bridgehead atoms. The molecular formula is C13H22O. The Kier molecular flexibility index (Phi) is 8.20. The zero-order valence-electron chi connectivity index (χ0n) is 9.68. The third-order valence-corrected chi connectivity index (χ3v) is 2.37. The van der Waals surface area contributed by atoms with E-state index in [-0.39, 0.29) is 0 Å². The van der Waals surface area contributed by atoms with Crippen molar-refractivity contribution in [1.29, 1.82) is 0 Å². The Morgan fingerprint density at radius 2 is 1.64 bits per heavy atom. The van der Waals surface area contributed by atoms with E-state index in [0.717, 1.165) is 32.0 Å². The quantitative estimate of drug-likeness (QED) is 0.339. The van der Waals surface area contributed by atoms with Crippen molar-refractivity contribution in [3.63, 3.8) is 0 Å². The summed E-state index contributed by atoms with van der Waals surface area (Å²) < 4.78 is 0. The molecule has 0 saturated carbocycles. The van der Waals surface area contributed by atoms with Crippen molar-refractivity contribution in [3.05, 3.63) is 23.3 Å². The molecule has 0 unspecified atom stereocenters. The Bertz CT molecular complexity index is 211. The van der Waals surface area contributed by atoms with E-state index < -0.39 is 0 Å². The maximum atomic E-state index is 10.1. The fraction of sp³-hybridized carbons (Fsp3) is 0.615. The molecule has 0 aliphatic rings. The van der Waals surface area contributed by atoms with Crippen LogP contribution in [0.4, 0.5) is 0 Å². The second-order valence-electron chi connectivity index (χ2n) is 3.74. The molecule has 0 aromatic rings. The first kappa shape index (κ1) is 13.2. The van der Waals surface area contributed by atoms with Crippen molar-refractivity contribution in [1.82, 2.24) is 0 Å². The Morgan fingerprint density at radius 1 is 1.00 bits per heavy atom. The van der Waals surface area contributed by atoms with Gasteiger partial charge in [-0.3, -0.25) is 0 Å². The maximum Gasteiger partial charge on any atom is 0.120 e. The third kappa shape index (κ3) is 7.78. The summed E-state index contributed by atoms with van der Waals surface area (Å²) in [6, 6.07) is 0. The van der Waals surface area contributed by atoms with Crippen LogP contribution in [0.15, 0.2) is 23.3 Å². The Morgan fingerprint density at radius 3 is 2.21 bits per heavy atom. The van der Waals surface area contributed by atoms with Crippen LogP contribution in [0.2, 0.25) is 0 Å². The van der Waals surface area contributed by atoms with Gasteiger partial charge in [0.2, 0.25) is 0 Å². The summed E-state index contributed by atoms with van der Waals surface area (Å²) in [5.41, 5.74) is 2.86. The number of carbonyl (C=O) groups is 1. The molecule has 0 N–H and O–H groups in total. The average molecular weight is 194 g/mol. The topological polar surface area (TPSA) is 17.1 Å². The van der Waals surface area contributed by atoms with Crippen LogP contribution in [0.3, 0.4) is 0 Å². The van der Waals surface area contributed by atoms with Gasteiger partial charge in [-0.25, -0.2) is 0 Å². The highest BCUT2D eigenvalue weighted by Crippen LogP contribution is 2.09. The predicted octanol–water partition coefficient (Wildman–Crippen LogP) is 4.05. The Hall–Kier alpha value is -0.850. The van der Waals surface area contributed by atoms with E-state index in [1.807, 2.05) is 0 Å². The van der Waals surface area contributed by atoms with Crippen LogP contribution in [-0.2, 0) is 4.79 Å². The molecule has 0 amide bonds. The largest absolute Gasteiger partial charge is 0.303 e. The van der Waals surface area contributed by atoms with Gasteiger partial charge in [0.25, 0.3) is 0 Å². The highest BCUT2D eigenvalue weighted by atomic mass is 16.1. The molecule has 0 aliphatic heterocycles. The first-order chi connectivity index (χ1) is 6.70. The first-order valence-corrected chi connectivity index (χ1v) is 5.45. The van der Waals surface area contributed by atoms with E-state index in [0.29, 0.717) is 6.42 Å². The summed E-state index contributed by atoms with van der Waals surface area (Å²) in [6.07, 6.45) is 10.4. The number of allylic oxidation sites excluding steroid dienone is 4. The van der Waals surface area contributed by atoms with E-state index >= 15 is 0 Å². The van der Waals surface area contributed by atoms with Crippen LogP contribution in [0.25, 0.3) is 0 Å². The van der Waals surface area contributed by atoms with Crippen molar-refractivity contribution in [3.8, 4) is 0 Å². The van der Waals surface area contributed by atoms with Gasteiger partial charge < -0.3 is 4.79 Å². The molecule has 0 atom stereocenters. The minimum atomic E-state index is 0.654. The van der Waals surface area contributed by atoms with E-state index in [1.54, 1.807) is 0 Å². The van der Waals surface area contributed by atoms with Crippen LogP contribution < -0.4 is 0 Å². The number of hydrogen-bond acceptors (Lipinski definition) is 1. The monoisotopic (exact) mass is 194 g/mol. The molecular weight excluding hydrogens is 172 g/mol. The highest BCUT2D eigenvalue weighted by Gasteiger charge is 1.89. The summed E-state index contributed by atoms with van der Waals surface area (Å²) in [4.78, 5) is 10.1. The lowest BCUT2D eigenvalue weighted by Gasteiger charge is -1.99. The fourth-order valence-corrected chi connectivity index (χ4v) is 1.19. The van der Waals surface area contributed by atoms with Crippen molar-refractivity contribution in [2.24, 2.45) is 0 Å². The summed E-state index contributed by atoms with van der Waals surface area (Å²) in [5.74, 6) is 0. The van der Waals surface area contributed by atoms with Crippen LogP contribution >= 0.6 is 0 Å². The normalized spacial score (nSPS) is 13.1. The first-order valence-electron chi connectivity index (χ1n) is 5.45. The van der Waals surface area contributed by atoms with Crippen LogP contribution in [-0.4, -0.2) is 6.29 Å². The third-order valence-electron chi connectivity index (χ3n) is 2.37. The Balaban J connectivity index is 3.67. The fourth-order valence-electron chi connectivity index (χ4n) is 1.19. The number of unbranched alkanes of at least 4 members (excludes halogenated alkanes) is 1. The molecule has 0 aliphatic carbocycles. The molecule has 0 aromatic heterocycles. The Labute approximate surface area is 87.9 Å². The number of hydrogen-bond donors (Lipinski definition) is 0. The molecule has 0 spiro atoms. The lowest BCUT2D eigenvalue weighted by atomic mass is 10.1. The van der Waals surface area contributed by atoms with Crippen LogP contribution in [0, 0.1) is 0 Å². The van der Waals surface area contributed by atoms with Crippen LogP contribution in [0.1, 0.15) is 52.9 Å². The maximum absolute atomic E-state index is 10.1. The lowest BCUT2D eigenvalue weighted by molar-refractivity contribution is -0.107. The smallest absolute Gasteiger partial charge is 0.120 e. The minimum absolute atomic E-state index is 0.654. The molecule has 0 heterocycles. The second kappa shape index (κ2) is 8.74. The predicted molar refractivity (Wildman–Crippen MR) is 62.3 cm³/mol. The van der Waals surface area contributed by atoms with Gasteiger partial charge in [-0.05, 0) is 39.5 Å². The van der Waals surface area contributed by atoms with E-state index in [9.17, 15) is 4.79 Å². The molecule has 0 aromatic carbocycles. The zero-order chi connectivity index (χ0) is 10.8. The van der Waals surface area contributed by atoms with Gasteiger partial charge >= 0.3 is 0 Å². The van der Waals surface area contributed by atoms with Crippen molar-refractivity contribution >= 4 is 6.29 Å². The number of rotatable bonds is 7. The van der Waals surface area contributed by atoms with Gasteiger partial charge in [-0.2, -0.15) is 0 Å². The van der Waals surface area contributed by atoms with E-state index in [2.05, 4.69) is 32.9 Å². The molecule has 0 rings (SSSR count). The van der Waals surface area contributed by atoms with Crippen molar-refractivity contribution in [2.75, 3.05) is 0 Å². The van der Waals surface area contributed by atoms with Gasteiger partial charge in [0, 0.05) is 6.42 Å². The molecule has 1 heteroatoms. The number of carbonyl (C=O) groups excluding carboxylic acids is 1. The molecule has 14 heavy (non-hydrogen) atoms. The minimum Gasteiger partial charge on any atom is -0.303 e. The average Bonchev–Trinajstić information content (AvgIpc) is 2.18. The van der Waals surface area contributed by atoms with Crippen molar-refractivity contribution in [2.45, 2.75) is 52.9 Å². The molecule has 0 fully saturated rings. The summed E-state index contributed by atoms with van der Waals surface area (Å²) in [5, 5.41) is 0. The summed E-state index contributed by atoms with van der Waals surface area (Å²) in [7, 11) is 0. The number of aldehydes is 1. The lowest BCUT2D eigenvalue weighted by Crippen LogP contribution is -1.79. The summed E-state index contributed by atoms with van der Waals surface area (Å²) in [6.45, 7) is 6.49. The molecule has 0 saturated heterocycles. The summed E-state index contributed by atoms with van der Waals surface area (Å²) >= 11 is 0. The standard InChI is InChI=1S/C13H22O/c1-4-12(2)9-7-10-13(3)8-5-6-11-14/h8-9,11H,4-7,10H2,1-3H3. The molecule has 80 valence electrons. The van der Waals surface area contributed by atoms with Crippen molar-refractivity contribution < 1.29 is 4.79 Å².